The third-order valence-corrected chi connectivity index (χ3v) is 5.65. The zero-order valence-corrected chi connectivity index (χ0v) is 17.7. The lowest BCUT2D eigenvalue weighted by Gasteiger charge is -2.22. The van der Waals surface area contributed by atoms with Gasteiger partial charge in [-0.2, -0.15) is 0 Å². The van der Waals surface area contributed by atoms with Crippen molar-refractivity contribution in [3.05, 3.63) is 107 Å². The summed E-state index contributed by atoms with van der Waals surface area (Å²) >= 11 is 0. The van der Waals surface area contributed by atoms with Gasteiger partial charge in [0.25, 0.3) is 11.8 Å². The Hall–Kier alpha value is -3.73. The van der Waals surface area contributed by atoms with Crippen LogP contribution in [-0.4, -0.2) is 23.8 Å². The summed E-state index contributed by atoms with van der Waals surface area (Å²) in [5.74, 6) is -1.18. The normalized spacial score (nSPS) is 13.9. The Bertz CT molecular complexity index is 1180. The molecule has 2 amide bonds. The number of aryl methyl sites for hydroxylation is 1. The summed E-state index contributed by atoms with van der Waals surface area (Å²) in [6.07, 6.45) is 0. The summed E-state index contributed by atoms with van der Waals surface area (Å²) in [6.45, 7) is 4.30. The zero-order chi connectivity index (χ0) is 22.1. The second-order valence-corrected chi connectivity index (χ2v) is 7.74. The molecule has 1 aliphatic heterocycles. The summed E-state index contributed by atoms with van der Waals surface area (Å²) in [6, 6.07) is 21.0. The molecule has 0 N–H and O–H groups in total. The number of anilines is 1. The van der Waals surface area contributed by atoms with Gasteiger partial charge in [0, 0.05) is 13.6 Å². The van der Waals surface area contributed by atoms with Gasteiger partial charge in [0.1, 0.15) is 11.5 Å². The van der Waals surface area contributed by atoms with Crippen molar-refractivity contribution in [3.63, 3.8) is 0 Å². The van der Waals surface area contributed by atoms with Crippen LogP contribution in [0.5, 0.6) is 0 Å². The van der Waals surface area contributed by atoms with E-state index < -0.39 is 11.7 Å². The van der Waals surface area contributed by atoms with E-state index in [1.54, 1.807) is 30.1 Å². The maximum absolute atomic E-state index is 13.6. The van der Waals surface area contributed by atoms with Crippen molar-refractivity contribution in [1.82, 2.24) is 4.90 Å². The Morgan fingerprint density at radius 2 is 1.52 bits per heavy atom. The van der Waals surface area contributed by atoms with E-state index in [4.69, 9.17) is 0 Å². The van der Waals surface area contributed by atoms with Gasteiger partial charge < -0.3 is 4.90 Å². The van der Waals surface area contributed by atoms with Crippen LogP contribution in [0.3, 0.4) is 0 Å². The van der Waals surface area contributed by atoms with Gasteiger partial charge in [0.05, 0.1) is 11.3 Å². The first-order valence-corrected chi connectivity index (χ1v) is 10.1. The van der Waals surface area contributed by atoms with Crippen LogP contribution < -0.4 is 4.90 Å². The molecule has 156 valence electrons. The molecule has 0 bridgehead atoms. The van der Waals surface area contributed by atoms with E-state index >= 15 is 0 Å². The van der Waals surface area contributed by atoms with Crippen LogP contribution in [0.1, 0.15) is 22.3 Å². The zero-order valence-electron chi connectivity index (χ0n) is 17.7. The highest BCUT2D eigenvalue weighted by molar-refractivity contribution is 6.45. The SMILES string of the molecule is Cc1cccc(N2C(=O)C(c3ccc(F)cc3)=C(N(C)Cc3ccccc3)C2=O)c1C. The minimum atomic E-state index is -0.403. The van der Waals surface area contributed by atoms with Crippen molar-refractivity contribution < 1.29 is 14.0 Å². The number of imide groups is 1. The Morgan fingerprint density at radius 3 is 2.19 bits per heavy atom. The van der Waals surface area contributed by atoms with E-state index in [2.05, 4.69) is 0 Å². The van der Waals surface area contributed by atoms with Gasteiger partial charge in [-0.1, -0.05) is 54.6 Å². The molecule has 0 unspecified atom stereocenters. The second-order valence-electron chi connectivity index (χ2n) is 7.74. The van der Waals surface area contributed by atoms with Crippen molar-refractivity contribution in [2.45, 2.75) is 20.4 Å². The lowest BCUT2D eigenvalue weighted by atomic mass is 10.0. The van der Waals surface area contributed by atoms with E-state index in [0.717, 1.165) is 16.7 Å². The van der Waals surface area contributed by atoms with Crippen molar-refractivity contribution in [1.29, 1.82) is 0 Å². The van der Waals surface area contributed by atoms with E-state index in [1.165, 1.54) is 17.0 Å². The lowest BCUT2D eigenvalue weighted by molar-refractivity contribution is -0.120. The number of carbonyl (C=O) groups excluding carboxylic acids is 2. The molecule has 3 aromatic rings. The fourth-order valence-corrected chi connectivity index (χ4v) is 3.88. The van der Waals surface area contributed by atoms with Crippen LogP contribution in [0, 0.1) is 19.7 Å². The lowest BCUT2D eigenvalue weighted by Crippen LogP contribution is -2.34. The Balaban J connectivity index is 1.83. The maximum Gasteiger partial charge on any atom is 0.282 e. The first-order chi connectivity index (χ1) is 14.9. The molecule has 4 rings (SSSR count). The largest absolute Gasteiger partial charge is 0.365 e. The monoisotopic (exact) mass is 414 g/mol. The number of halogens is 1. The number of benzene rings is 3. The molecule has 0 saturated heterocycles. The number of hydrogen-bond donors (Lipinski definition) is 0. The van der Waals surface area contributed by atoms with Gasteiger partial charge in [0.15, 0.2) is 0 Å². The van der Waals surface area contributed by atoms with Gasteiger partial charge in [-0.05, 0) is 54.3 Å². The van der Waals surface area contributed by atoms with Gasteiger partial charge in [-0.25, -0.2) is 9.29 Å². The molecule has 0 atom stereocenters. The molecule has 5 heteroatoms. The fourth-order valence-electron chi connectivity index (χ4n) is 3.88. The highest BCUT2D eigenvalue weighted by Crippen LogP contribution is 2.36. The van der Waals surface area contributed by atoms with Crippen molar-refractivity contribution in [3.8, 4) is 0 Å². The minimum Gasteiger partial charge on any atom is -0.365 e. The number of rotatable bonds is 5. The van der Waals surface area contributed by atoms with Crippen LogP contribution >= 0.6 is 0 Å². The van der Waals surface area contributed by atoms with Gasteiger partial charge in [-0.3, -0.25) is 9.59 Å². The van der Waals surface area contributed by atoms with Crippen LogP contribution in [0.4, 0.5) is 10.1 Å². The van der Waals surface area contributed by atoms with Gasteiger partial charge in [0.2, 0.25) is 0 Å². The third-order valence-electron chi connectivity index (χ3n) is 5.65. The molecule has 0 spiro atoms. The predicted molar refractivity (Wildman–Crippen MR) is 120 cm³/mol. The first-order valence-electron chi connectivity index (χ1n) is 10.1. The van der Waals surface area contributed by atoms with E-state index in [-0.39, 0.29) is 11.5 Å². The third kappa shape index (κ3) is 3.75. The minimum absolute atomic E-state index is 0.282. The van der Waals surface area contributed by atoms with Crippen LogP contribution in [0.2, 0.25) is 0 Å². The molecule has 1 heterocycles. The smallest absolute Gasteiger partial charge is 0.282 e. The molecule has 0 aromatic heterocycles. The molecule has 0 aliphatic carbocycles. The number of hydrogen-bond acceptors (Lipinski definition) is 3. The highest BCUT2D eigenvalue weighted by Gasteiger charge is 2.42. The summed E-state index contributed by atoms with van der Waals surface area (Å²) in [5, 5.41) is 0. The molecule has 1 aliphatic rings. The Kier molecular flexibility index (Phi) is 5.42. The maximum atomic E-state index is 13.6. The summed E-state index contributed by atoms with van der Waals surface area (Å²) in [4.78, 5) is 30.2. The molecule has 3 aromatic carbocycles. The van der Waals surface area contributed by atoms with E-state index in [9.17, 15) is 14.0 Å². The van der Waals surface area contributed by atoms with Crippen molar-refractivity contribution in [2.24, 2.45) is 0 Å². The molecule has 31 heavy (non-hydrogen) atoms. The average molecular weight is 414 g/mol. The molecule has 0 radical (unpaired) electrons. The predicted octanol–water partition coefficient (Wildman–Crippen LogP) is 4.86. The fraction of sp³-hybridized carbons (Fsp3) is 0.154. The molecular weight excluding hydrogens is 391 g/mol. The number of likely N-dealkylation sites (N-methyl/N-ethyl adjacent to an activating group) is 1. The molecular formula is C26H23FN2O2. The van der Waals surface area contributed by atoms with Crippen molar-refractivity contribution >= 4 is 23.1 Å². The molecule has 4 nitrogen and oxygen atoms in total. The second kappa shape index (κ2) is 8.19. The van der Waals surface area contributed by atoms with Crippen LogP contribution in [0.15, 0.2) is 78.5 Å². The average Bonchev–Trinajstić information content (AvgIpc) is 3.02. The number of amides is 2. The van der Waals surface area contributed by atoms with E-state index in [1.807, 2.05) is 56.3 Å². The standard InChI is InChI=1S/C26H23FN2O2/c1-17-8-7-11-22(18(17)2)29-25(30)23(20-12-14-21(27)15-13-20)24(26(29)31)28(3)16-19-9-5-4-6-10-19/h4-15H,16H2,1-3H3. The number of carbonyl (C=O) groups is 2. The van der Waals surface area contributed by atoms with E-state index in [0.29, 0.717) is 23.5 Å². The summed E-state index contributed by atoms with van der Waals surface area (Å²) in [7, 11) is 1.80. The topological polar surface area (TPSA) is 40.6 Å². The van der Waals surface area contributed by atoms with Crippen LogP contribution in [0.25, 0.3) is 5.57 Å². The molecule has 0 fully saturated rings. The molecule has 0 saturated carbocycles. The quantitative estimate of drug-likeness (QED) is 0.560. The van der Waals surface area contributed by atoms with Gasteiger partial charge in [-0.15, -0.1) is 0 Å². The Morgan fingerprint density at radius 1 is 0.839 bits per heavy atom. The van der Waals surface area contributed by atoms with Crippen LogP contribution in [-0.2, 0) is 16.1 Å². The highest BCUT2D eigenvalue weighted by atomic mass is 19.1. The summed E-state index contributed by atoms with van der Waals surface area (Å²) < 4.78 is 13.5. The Labute approximate surface area is 181 Å². The summed E-state index contributed by atoms with van der Waals surface area (Å²) in [5.41, 5.74) is 4.55. The van der Waals surface area contributed by atoms with Crippen molar-refractivity contribution in [2.75, 3.05) is 11.9 Å². The van der Waals surface area contributed by atoms with Gasteiger partial charge >= 0.3 is 0 Å². The first kappa shape index (κ1) is 20.5. The number of nitrogens with zero attached hydrogens (tertiary/aromatic N) is 2.